The van der Waals surface area contributed by atoms with Gasteiger partial charge in [-0.1, -0.05) is 13.8 Å². The Hall–Kier alpha value is 0.700. The van der Waals surface area contributed by atoms with E-state index in [0.717, 1.165) is 0 Å². The average Bonchev–Trinajstić information content (AvgIpc) is 2.10. The molecule has 0 aromatic heterocycles. The van der Waals surface area contributed by atoms with E-state index in [0.29, 0.717) is 0 Å². The summed E-state index contributed by atoms with van der Waals surface area (Å²) < 4.78 is 0. The van der Waals surface area contributed by atoms with Gasteiger partial charge in [-0.25, -0.2) is 0 Å². The molecule has 0 N–H and O–H groups in total. The van der Waals surface area contributed by atoms with E-state index in [4.69, 9.17) is 0 Å². The van der Waals surface area contributed by atoms with Gasteiger partial charge in [-0.3, -0.25) is 0 Å². The van der Waals surface area contributed by atoms with Crippen molar-refractivity contribution in [2.75, 3.05) is 23.0 Å². The molecule has 0 bridgehead atoms. The van der Waals surface area contributed by atoms with Gasteiger partial charge in [0.05, 0.1) is 0 Å². The zero-order valence-corrected chi connectivity index (χ0v) is 10.1. The third-order valence-corrected chi connectivity index (χ3v) is 4.07. The van der Waals surface area contributed by atoms with Gasteiger partial charge < -0.3 is 0 Å². The minimum absolute atomic E-state index is 1.33. The average molecular weight is 206 g/mol. The molecule has 2 heteroatoms. The van der Waals surface area contributed by atoms with Crippen molar-refractivity contribution < 1.29 is 0 Å². The number of thioether (sulfide) groups is 2. The van der Waals surface area contributed by atoms with Crippen LogP contribution in [0.2, 0.25) is 0 Å². The van der Waals surface area contributed by atoms with Gasteiger partial charge in [0.2, 0.25) is 0 Å². The van der Waals surface area contributed by atoms with Crippen LogP contribution in [0.4, 0.5) is 0 Å². The van der Waals surface area contributed by atoms with Crippen molar-refractivity contribution in [1.82, 2.24) is 0 Å². The van der Waals surface area contributed by atoms with Crippen molar-refractivity contribution >= 4 is 23.5 Å². The van der Waals surface area contributed by atoms with Crippen molar-refractivity contribution in [2.45, 2.75) is 39.5 Å². The fourth-order valence-electron chi connectivity index (χ4n) is 0.901. The van der Waals surface area contributed by atoms with E-state index in [2.05, 4.69) is 37.4 Å². The summed E-state index contributed by atoms with van der Waals surface area (Å²) in [5, 5.41) is 0. The lowest BCUT2D eigenvalue weighted by Crippen LogP contribution is -1.86. The smallest absolute Gasteiger partial charge is 0.00672 e. The van der Waals surface area contributed by atoms with E-state index >= 15 is 0 Å². The van der Waals surface area contributed by atoms with Gasteiger partial charge in [0.25, 0.3) is 0 Å². The van der Waals surface area contributed by atoms with Crippen LogP contribution in [0.1, 0.15) is 39.5 Å². The second kappa shape index (κ2) is 11.7. The zero-order valence-electron chi connectivity index (χ0n) is 8.47. The first-order chi connectivity index (χ1) is 5.91. The molecule has 0 fully saturated rings. The van der Waals surface area contributed by atoms with Crippen LogP contribution in [0.5, 0.6) is 0 Å². The largest absolute Gasteiger partial charge is 0.162 e. The fourth-order valence-corrected chi connectivity index (χ4v) is 2.70. The molecule has 0 rings (SSSR count). The first-order valence-corrected chi connectivity index (χ1v) is 7.38. The second-order valence-corrected chi connectivity index (χ2v) is 5.38. The van der Waals surface area contributed by atoms with Crippen LogP contribution in [0.25, 0.3) is 0 Å². The summed E-state index contributed by atoms with van der Waals surface area (Å²) in [6, 6.07) is 0. The molecule has 0 saturated carbocycles. The maximum absolute atomic E-state index is 2.25. The molecule has 0 nitrogen and oxygen atoms in total. The van der Waals surface area contributed by atoms with Gasteiger partial charge >= 0.3 is 0 Å². The predicted molar refractivity (Wildman–Crippen MR) is 64.5 cm³/mol. The maximum atomic E-state index is 2.25. The van der Waals surface area contributed by atoms with Crippen LogP contribution in [-0.2, 0) is 0 Å². The molecule has 0 radical (unpaired) electrons. The van der Waals surface area contributed by atoms with Crippen molar-refractivity contribution in [2.24, 2.45) is 0 Å². The summed E-state index contributed by atoms with van der Waals surface area (Å²) in [6.07, 6.45) is 5.49. The summed E-state index contributed by atoms with van der Waals surface area (Å²) in [5.74, 6) is 5.45. The van der Waals surface area contributed by atoms with Gasteiger partial charge in [-0.05, 0) is 48.7 Å². The van der Waals surface area contributed by atoms with Crippen molar-refractivity contribution in [1.29, 1.82) is 0 Å². The molecule has 0 amide bonds. The number of rotatable bonds is 9. The normalized spacial score (nSPS) is 10.5. The Kier molecular flexibility index (Phi) is 12.4. The van der Waals surface area contributed by atoms with Gasteiger partial charge in [-0.15, -0.1) is 0 Å². The molecule has 0 aliphatic carbocycles. The summed E-state index contributed by atoms with van der Waals surface area (Å²) >= 11 is 4.22. The van der Waals surface area contributed by atoms with E-state index in [1.54, 1.807) is 0 Å². The highest BCUT2D eigenvalue weighted by Gasteiger charge is 1.90. The molecule has 0 aromatic rings. The highest BCUT2D eigenvalue weighted by atomic mass is 32.2. The fraction of sp³-hybridized carbons (Fsp3) is 1.00. The van der Waals surface area contributed by atoms with Crippen molar-refractivity contribution in [3.63, 3.8) is 0 Å². The molecular weight excluding hydrogens is 184 g/mol. The number of hydrogen-bond donors (Lipinski definition) is 0. The molecule has 0 unspecified atom stereocenters. The summed E-state index contributed by atoms with van der Waals surface area (Å²) in [4.78, 5) is 0. The van der Waals surface area contributed by atoms with Gasteiger partial charge in [-0.2, -0.15) is 23.5 Å². The van der Waals surface area contributed by atoms with Gasteiger partial charge in [0.1, 0.15) is 0 Å². The molecule has 0 heterocycles. The summed E-state index contributed by atoms with van der Waals surface area (Å²) in [6.45, 7) is 4.51. The Morgan fingerprint density at radius 1 is 0.667 bits per heavy atom. The molecular formula is C10H22S2. The highest BCUT2D eigenvalue weighted by molar-refractivity contribution is 7.99. The third kappa shape index (κ3) is 10.7. The van der Waals surface area contributed by atoms with Crippen molar-refractivity contribution in [3.05, 3.63) is 0 Å². The molecule has 0 spiro atoms. The van der Waals surface area contributed by atoms with E-state index in [1.807, 2.05) is 0 Å². The number of unbranched alkanes of at least 4 members (excludes halogenated alkanes) is 1. The maximum Gasteiger partial charge on any atom is -0.00672 e. The monoisotopic (exact) mass is 206 g/mol. The van der Waals surface area contributed by atoms with Gasteiger partial charge in [0.15, 0.2) is 0 Å². The first-order valence-electron chi connectivity index (χ1n) is 5.07. The minimum Gasteiger partial charge on any atom is -0.162 e. The number of hydrogen-bond acceptors (Lipinski definition) is 2. The zero-order chi connectivity index (χ0) is 9.07. The predicted octanol–water partition coefficient (Wildman–Crippen LogP) is 4.05. The van der Waals surface area contributed by atoms with E-state index < -0.39 is 0 Å². The Morgan fingerprint density at radius 3 is 1.42 bits per heavy atom. The minimum atomic E-state index is 1.33. The molecule has 0 atom stereocenters. The molecule has 0 saturated heterocycles. The molecule has 0 aliphatic heterocycles. The lowest BCUT2D eigenvalue weighted by molar-refractivity contribution is 0.904. The van der Waals surface area contributed by atoms with E-state index in [1.165, 1.54) is 48.7 Å². The molecule has 12 heavy (non-hydrogen) atoms. The van der Waals surface area contributed by atoms with E-state index in [-0.39, 0.29) is 0 Å². The van der Waals surface area contributed by atoms with Crippen LogP contribution in [-0.4, -0.2) is 23.0 Å². The first kappa shape index (κ1) is 12.7. The SMILES string of the molecule is CCCSCCCCSCCC. The van der Waals surface area contributed by atoms with Crippen LogP contribution >= 0.6 is 23.5 Å². The quantitative estimate of drug-likeness (QED) is 0.522. The Balaban J connectivity index is 2.73. The van der Waals surface area contributed by atoms with Gasteiger partial charge in [0, 0.05) is 0 Å². The molecule has 0 aliphatic rings. The van der Waals surface area contributed by atoms with Crippen LogP contribution in [0.15, 0.2) is 0 Å². The molecule has 74 valence electrons. The van der Waals surface area contributed by atoms with Crippen LogP contribution in [0.3, 0.4) is 0 Å². The lowest BCUT2D eigenvalue weighted by Gasteiger charge is -2.00. The highest BCUT2D eigenvalue weighted by Crippen LogP contribution is 2.10. The van der Waals surface area contributed by atoms with Crippen LogP contribution < -0.4 is 0 Å². The standard InChI is InChI=1S/C10H22S2/c1-3-7-11-9-5-6-10-12-8-4-2/h3-10H2,1-2H3. The third-order valence-electron chi connectivity index (χ3n) is 1.52. The Bertz CT molecular complexity index is 64.2. The van der Waals surface area contributed by atoms with Crippen LogP contribution in [0, 0.1) is 0 Å². The van der Waals surface area contributed by atoms with E-state index in [9.17, 15) is 0 Å². The van der Waals surface area contributed by atoms with Crippen molar-refractivity contribution in [3.8, 4) is 0 Å². The Labute approximate surface area is 86.3 Å². The lowest BCUT2D eigenvalue weighted by atomic mass is 10.4. The Morgan fingerprint density at radius 2 is 1.08 bits per heavy atom. The summed E-state index contributed by atoms with van der Waals surface area (Å²) in [5.41, 5.74) is 0. The summed E-state index contributed by atoms with van der Waals surface area (Å²) in [7, 11) is 0. The topological polar surface area (TPSA) is 0 Å². The second-order valence-electron chi connectivity index (χ2n) is 2.93. The molecule has 0 aromatic carbocycles.